The van der Waals surface area contributed by atoms with E-state index in [0.29, 0.717) is 28.6 Å². The second kappa shape index (κ2) is 11.0. The summed E-state index contributed by atoms with van der Waals surface area (Å²) in [6.45, 7) is 4.32. The van der Waals surface area contributed by atoms with Crippen molar-refractivity contribution in [3.63, 3.8) is 0 Å². The molecule has 0 aromatic heterocycles. The number of amides is 2. The van der Waals surface area contributed by atoms with Crippen molar-refractivity contribution in [1.29, 1.82) is 0 Å². The Labute approximate surface area is 194 Å². The van der Waals surface area contributed by atoms with E-state index in [9.17, 15) is 9.59 Å². The van der Waals surface area contributed by atoms with Gasteiger partial charge in [-0.1, -0.05) is 78.9 Å². The summed E-state index contributed by atoms with van der Waals surface area (Å²) in [5, 5.41) is 4.08. The van der Waals surface area contributed by atoms with E-state index in [-0.39, 0.29) is 24.3 Å². The standard InChI is InChI=1S/C25H30Cl2N2O2/c1-3-23(25(31)28-19-7-4-5-8-19)29(16-18-13-11-17(2)12-14-18)24(30)15-20-21(26)9-6-10-22(20)27/h6,9-14,19,23H,3-5,7-8,15-16H2,1-2H3,(H,28,31)/t23-/m0/s1. The highest BCUT2D eigenvalue weighted by Gasteiger charge is 2.31. The maximum atomic E-state index is 13.5. The van der Waals surface area contributed by atoms with Crippen LogP contribution in [0.5, 0.6) is 0 Å². The Morgan fingerprint density at radius 3 is 2.26 bits per heavy atom. The third kappa shape index (κ3) is 6.24. The summed E-state index contributed by atoms with van der Waals surface area (Å²) in [4.78, 5) is 28.3. The van der Waals surface area contributed by atoms with Crippen LogP contribution in [-0.4, -0.2) is 28.8 Å². The van der Waals surface area contributed by atoms with E-state index in [2.05, 4.69) is 5.32 Å². The van der Waals surface area contributed by atoms with Crippen molar-refractivity contribution in [1.82, 2.24) is 10.2 Å². The van der Waals surface area contributed by atoms with Gasteiger partial charge in [0, 0.05) is 22.6 Å². The molecule has 31 heavy (non-hydrogen) atoms. The van der Waals surface area contributed by atoms with Gasteiger partial charge >= 0.3 is 0 Å². The molecule has 2 aromatic rings. The van der Waals surface area contributed by atoms with E-state index in [4.69, 9.17) is 23.2 Å². The molecule has 0 saturated heterocycles. The van der Waals surface area contributed by atoms with Crippen molar-refractivity contribution in [2.75, 3.05) is 0 Å². The SMILES string of the molecule is CC[C@@H](C(=O)NC1CCCC1)N(Cc1ccc(C)cc1)C(=O)Cc1c(Cl)cccc1Cl. The zero-order valence-electron chi connectivity index (χ0n) is 18.2. The normalized spacial score (nSPS) is 15.0. The van der Waals surface area contributed by atoms with Crippen LogP contribution in [0.1, 0.15) is 55.7 Å². The quantitative estimate of drug-likeness (QED) is 0.548. The Hall–Kier alpha value is -2.04. The monoisotopic (exact) mass is 460 g/mol. The van der Waals surface area contributed by atoms with Crippen LogP contribution in [0.2, 0.25) is 10.0 Å². The fourth-order valence-electron chi connectivity index (χ4n) is 4.13. The smallest absolute Gasteiger partial charge is 0.243 e. The van der Waals surface area contributed by atoms with E-state index in [1.807, 2.05) is 38.1 Å². The lowest BCUT2D eigenvalue weighted by Gasteiger charge is -2.32. The van der Waals surface area contributed by atoms with Crippen molar-refractivity contribution in [3.8, 4) is 0 Å². The van der Waals surface area contributed by atoms with E-state index in [0.717, 1.165) is 36.8 Å². The number of aryl methyl sites for hydroxylation is 1. The minimum atomic E-state index is -0.546. The zero-order valence-corrected chi connectivity index (χ0v) is 19.7. The van der Waals surface area contributed by atoms with Gasteiger partial charge < -0.3 is 10.2 Å². The number of halogens is 2. The minimum Gasteiger partial charge on any atom is -0.352 e. The fourth-order valence-corrected chi connectivity index (χ4v) is 4.66. The predicted octanol–water partition coefficient (Wildman–Crippen LogP) is 5.71. The molecule has 3 rings (SSSR count). The molecule has 1 aliphatic rings. The fraction of sp³-hybridized carbons (Fsp3) is 0.440. The molecule has 1 N–H and O–H groups in total. The van der Waals surface area contributed by atoms with Crippen molar-refractivity contribution in [2.24, 2.45) is 0 Å². The lowest BCUT2D eigenvalue weighted by molar-refractivity contribution is -0.141. The molecule has 0 heterocycles. The number of nitrogens with one attached hydrogen (secondary N) is 1. The van der Waals surface area contributed by atoms with E-state index < -0.39 is 6.04 Å². The molecular formula is C25H30Cl2N2O2. The topological polar surface area (TPSA) is 49.4 Å². The molecule has 1 aliphatic carbocycles. The average Bonchev–Trinajstić information content (AvgIpc) is 3.25. The van der Waals surface area contributed by atoms with Gasteiger partial charge in [0.1, 0.15) is 6.04 Å². The van der Waals surface area contributed by atoms with Crippen LogP contribution in [0.15, 0.2) is 42.5 Å². The van der Waals surface area contributed by atoms with Crippen LogP contribution >= 0.6 is 23.2 Å². The summed E-state index contributed by atoms with van der Waals surface area (Å²) in [7, 11) is 0. The average molecular weight is 461 g/mol. The highest BCUT2D eigenvalue weighted by atomic mass is 35.5. The molecular weight excluding hydrogens is 431 g/mol. The molecule has 0 radical (unpaired) electrons. The number of rotatable bonds is 8. The minimum absolute atomic E-state index is 0.0532. The Kier molecular flexibility index (Phi) is 8.39. The lowest BCUT2D eigenvalue weighted by Crippen LogP contribution is -2.51. The van der Waals surface area contributed by atoms with Crippen LogP contribution in [0.3, 0.4) is 0 Å². The van der Waals surface area contributed by atoms with Crippen LogP contribution in [0.25, 0.3) is 0 Å². The summed E-state index contributed by atoms with van der Waals surface area (Å²) in [5.41, 5.74) is 2.72. The molecule has 4 nitrogen and oxygen atoms in total. The van der Waals surface area contributed by atoms with Gasteiger partial charge in [-0.05, 0) is 49.4 Å². The van der Waals surface area contributed by atoms with Gasteiger partial charge in [-0.3, -0.25) is 9.59 Å². The number of benzene rings is 2. The van der Waals surface area contributed by atoms with Crippen molar-refractivity contribution < 1.29 is 9.59 Å². The van der Waals surface area contributed by atoms with Crippen LogP contribution in [0, 0.1) is 6.92 Å². The molecule has 1 fully saturated rings. The second-order valence-corrected chi connectivity index (χ2v) is 9.11. The molecule has 0 aliphatic heterocycles. The van der Waals surface area contributed by atoms with Gasteiger partial charge in [-0.25, -0.2) is 0 Å². The summed E-state index contributed by atoms with van der Waals surface area (Å²) in [6.07, 6.45) is 4.87. The maximum absolute atomic E-state index is 13.5. The molecule has 6 heteroatoms. The third-order valence-corrected chi connectivity index (χ3v) is 6.66. The first kappa shape index (κ1) is 23.6. The van der Waals surface area contributed by atoms with Crippen molar-refractivity contribution in [3.05, 3.63) is 69.2 Å². The van der Waals surface area contributed by atoms with Gasteiger partial charge in [0.15, 0.2) is 0 Å². The van der Waals surface area contributed by atoms with Gasteiger partial charge in [0.25, 0.3) is 0 Å². The Bertz CT molecular complexity index is 888. The maximum Gasteiger partial charge on any atom is 0.243 e. The summed E-state index contributed by atoms with van der Waals surface area (Å²) in [5.74, 6) is -0.246. The Morgan fingerprint density at radius 2 is 1.68 bits per heavy atom. The Morgan fingerprint density at radius 1 is 1.06 bits per heavy atom. The van der Waals surface area contributed by atoms with E-state index >= 15 is 0 Å². The van der Waals surface area contributed by atoms with Crippen LogP contribution in [0.4, 0.5) is 0 Å². The molecule has 2 amide bonds. The first-order valence-corrected chi connectivity index (χ1v) is 11.7. The number of carbonyl (C=O) groups excluding carboxylic acids is 2. The number of hydrogen-bond donors (Lipinski definition) is 1. The third-order valence-electron chi connectivity index (χ3n) is 5.95. The Balaban J connectivity index is 1.85. The first-order chi connectivity index (χ1) is 14.9. The predicted molar refractivity (Wildman–Crippen MR) is 126 cm³/mol. The highest BCUT2D eigenvalue weighted by Crippen LogP contribution is 2.26. The largest absolute Gasteiger partial charge is 0.352 e. The first-order valence-electron chi connectivity index (χ1n) is 11.0. The van der Waals surface area contributed by atoms with Gasteiger partial charge in [0.05, 0.1) is 6.42 Å². The van der Waals surface area contributed by atoms with Gasteiger partial charge in [-0.15, -0.1) is 0 Å². The van der Waals surface area contributed by atoms with Gasteiger partial charge in [-0.2, -0.15) is 0 Å². The number of hydrogen-bond acceptors (Lipinski definition) is 2. The molecule has 1 saturated carbocycles. The molecule has 166 valence electrons. The molecule has 0 unspecified atom stereocenters. The highest BCUT2D eigenvalue weighted by molar-refractivity contribution is 6.36. The van der Waals surface area contributed by atoms with Crippen molar-refractivity contribution >= 4 is 35.0 Å². The summed E-state index contributed by atoms with van der Waals surface area (Å²) < 4.78 is 0. The van der Waals surface area contributed by atoms with Crippen molar-refractivity contribution in [2.45, 2.75) is 71.0 Å². The van der Waals surface area contributed by atoms with Gasteiger partial charge in [0.2, 0.25) is 11.8 Å². The second-order valence-electron chi connectivity index (χ2n) is 8.30. The number of carbonyl (C=O) groups is 2. The molecule has 1 atom stereocenters. The molecule has 0 spiro atoms. The van der Waals surface area contributed by atoms with Crippen LogP contribution in [-0.2, 0) is 22.6 Å². The summed E-state index contributed by atoms with van der Waals surface area (Å²) >= 11 is 12.6. The zero-order chi connectivity index (χ0) is 22.4. The number of nitrogens with zero attached hydrogens (tertiary/aromatic N) is 1. The lowest BCUT2D eigenvalue weighted by atomic mass is 10.1. The van der Waals surface area contributed by atoms with E-state index in [1.165, 1.54) is 0 Å². The van der Waals surface area contributed by atoms with E-state index in [1.54, 1.807) is 23.1 Å². The molecule has 2 aromatic carbocycles. The van der Waals surface area contributed by atoms with Crippen LogP contribution < -0.4 is 5.32 Å². The summed E-state index contributed by atoms with van der Waals surface area (Å²) in [6, 6.07) is 12.9. The molecule has 0 bridgehead atoms.